The van der Waals surface area contributed by atoms with Gasteiger partial charge >= 0.3 is 0 Å². The second kappa shape index (κ2) is 3.84. The predicted molar refractivity (Wildman–Crippen MR) is 69.7 cm³/mol. The Morgan fingerprint density at radius 2 is 2.24 bits per heavy atom. The summed E-state index contributed by atoms with van der Waals surface area (Å²) in [6.07, 6.45) is 2.34. The molecule has 0 saturated heterocycles. The molecular formula is C12H12BrN3O. The monoisotopic (exact) mass is 293 g/mol. The highest BCUT2D eigenvalue weighted by Crippen LogP contribution is 2.38. The van der Waals surface area contributed by atoms with Crippen LogP contribution in [-0.4, -0.2) is 35.8 Å². The summed E-state index contributed by atoms with van der Waals surface area (Å²) in [5.74, 6) is 1.20. The van der Waals surface area contributed by atoms with Crippen LogP contribution in [0.3, 0.4) is 0 Å². The molecule has 88 valence electrons. The predicted octanol–water partition coefficient (Wildman–Crippen LogP) is 1.83. The second-order valence-corrected chi connectivity index (χ2v) is 5.27. The summed E-state index contributed by atoms with van der Waals surface area (Å²) >= 11 is 3.50. The highest BCUT2D eigenvalue weighted by Gasteiger charge is 2.31. The van der Waals surface area contributed by atoms with Crippen LogP contribution < -0.4 is 3.93 Å². The number of carbonyl (C=O) groups is 1. The number of pyridine rings is 1. The molecule has 17 heavy (non-hydrogen) atoms. The van der Waals surface area contributed by atoms with Gasteiger partial charge in [-0.25, -0.2) is 4.98 Å². The lowest BCUT2D eigenvalue weighted by Crippen LogP contribution is -2.36. The molecule has 0 aromatic carbocycles. The number of likely N-dealkylation sites (N-methyl/N-ethyl adjacent to an activating group) is 1. The lowest BCUT2D eigenvalue weighted by atomic mass is 9.94. The van der Waals surface area contributed by atoms with Crippen molar-refractivity contribution >= 4 is 33.4 Å². The zero-order chi connectivity index (χ0) is 12.0. The molecule has 3 rings (SSSR count). The maximum absolute atomic E-state index is 11.6. The minimum atomic E-state index is 0.277. The van der Waals surface area contributed by atoms with Gasteiger partial charge < -0.3 is 4.90 Å². The Kier molecular flexibility index (Phi) is 2.43. The van der Waals surface area contributed by atoms with Crippen LogP contribution in [0.4, 0.5) is 5.82 Å². The number of nitrogens with zero attached hydrogens (tertiary/aromatic N) is 3. The molecule has 1 aromatic heterocycles. The van der Waals surface area contributed by atoms with Crippen molar-refractivity contribution < 1.29 is 4.79 Å². The number of hydrogen-bond donors (Lipinski definition) is 0. The van der Waals surface area contributed by atoms with E-state index < -0.39 is 0 Å². The van der Waals surface area contributed by atoms with Crippen LogP contribution in [0.15, 0.2) is 23.9 Å². The average molecular weight is 294 g/mol. The van der Waals surface area contributed by atoms with Crippen LogP contribution in [0.2, 0.25) is 0 Å². The second-order valence-electron chi connectivity index (χ2n) is 4.42. The van der Waals surface area contributed by atoms with Crippen LogP contribution in [-0.2, 0) is 4.79 Å². The zero-order valence-corrected chi connectivity index (χ0v) is 11.1. The number of aromatic nitrogens is 1. The summed E-state index contributed by atoms with van der Waals surface area (Å²) < 4.78 is 1.92. The number of fused-ring (bicyclic) bond motifs is 2. The number of Topliss-reactive ketones (excluding diaryl/α,β-unsaturated/α-hetero) is 1. The van der Waals surface area contributed by atoms with E-state index in [0.717, 1.165) is 17.9 Å². The Morgan fingerprint density at radius 1 is 1.41 bits per heavy atom. The molecule has 0 fully saturated rings. The molecule has 0 atom stereocenters. The average Bonchev–Trinajstić information content (AvgIpc) is 2.28. The van der Waals surface area contributed by atoms with Gasteiger partial charge in [0.05, 0.1) is 29.2 Å². The maximum atomic E-state index is 11.6. The number of carbonyl (C=O) groups excluding carboxylic acids is 1. The molecule has 0 amide bonds. The van der Waals surface area contributed by atoms with E-state index >= 15 is 0 Å². The Bertz CT molecular complexity index is 526. The molecule has 3 heterocycles. The Labute approximate surface area is 108 Å². The van der Waals surface area contributed by atoms with Crippen molar-refractivity contribution in [2.75, 3.05) is 24.1 Å². The van der Waals surface area contributed by atoms with Gasteiger partial charge in [-0.3, -0.25) is 8.72 Å². The van der Waals surface area contributed by atoms with Crippen LogP contribution >= 0.6 is 16.1 Å². The standard InChI is InChI=1S/C12H12BrN3O/c1-15-7-9(17)5-8-6-16(13)12-10(11(8)15)3-2-4-14-12/h2-4H,5-7H2,1H3. The molecule has 4 nitrogen and oxygen atoms in total. The van der Waals surface area contributed by atoms with E-state index in [1.165, 1.54) is 11.3 Å². The summed E-state index contributed by atoms with van der Waals surface area (Å²) in [6, 6.07) is 3.98. The van der Waals surface area contributed by atoms with Gasteiger partial charge in [-0.05, 0) is 17.7 Å². The van der Waals surface area contributed by atoms with Gasteiger partial charge in [0, 0.05) is 30.9 Å². The molecule has 0 spiro atoms. The first-order chi connectivity index (χ1) is 8.16. The normalized spacial score (nSPS) is 19.3. The van der Waals surface area contributed by atoms with Crippen LogP contribution in [0.1, 0.15) is 12.0 Å². The van der Waals surface area contributed by atoms with E-state index in [-0.39, 0.29) is 5.78 Å². The topological polar surface area (TPSA) is 36.4 Å². The highest BCUT2D eigenvalue weighted by molar-refractivity contribution is 9.10. The minimum absolute atomic E-state index is 0.277. The van der Waals surface area contributed by atoms with Crippen molar-refractivity contribution in [2.24, 2.45) is 0 Å². The first-order valence-electron chi connectivity index (χ1n) is 5.50. The lowest BCUT2D eigenvalue weighted by molar-refractivity contribution is -0.119. The van der Waals surface area contributed by atoms with E-state index in [9.17, 15) is 4.79 Å². The van der Waals surface area contributed by atoms with Crippen molar-refractivity contribution in [1.82, 2.24) is 9.88 Å². The number of hydrogen-bond acceptors (Lipinski definition) is 4. The van der Waals surface area contributed by atoms with E-state index in [1.54, 1.807) is 6.20 Å². The minimum Gasteiger partial charge on any atom is -0.367 e. The van der Waals surface area contributed by atoms with Gasteiger partial charge in [0.2, 0.25) is 0 Å². The molecular weight excluding hydrogens is 282 g/mol. The Morgan fingerprint density at radius 3 is 3.06 bits per heavy atom. The number of halogens is 1. The highest BCUT2D eigenvalue weighted by atomic mass is 79.9. The first kappa shape index (κ1) is 10.8. The summed E-state index contributed by atoms with van der Waals surface area (Å²) in [4.78, 5) is 18.0. The molecule has 2 aliphatic heterocycles. The molecule has 0 bridgehead atoms. The molecule has 0 radical (unpaired) electrons. The summed E-state index contributed by atoms with van der Waals surface area (Å²) in [5.41, 5.74) is 3.44. The van der Waals surface area contributed by atoms with E-state index in [2.05, 4.69) is 27.2 Å². The molecule has 5 heteroatoms. The third kappa shape index (κ3) is 1.65. The molecule has 0 aliphatic carbocycles. The first-order valence-corrected chi connectivity index (χ1v) is 6.21. The van der Waals surface area contributed by atoms with Gasteiger partial charge in [-0.15, -0.1) is 0 Å². The summed E-state index contributed by atoms with van der Waals surface area (Å²) in [6.45, 7) is 1.21. The SMILES string of the molecule is CN1CC(=O)CC2=C1c1cccnc1N(Br)C2. The van der Waals surface area contributed by atoms with Gasteiger partial charge in [0.15, 0.2) is 5.78 Å². The van der Waals surface area contributed by atoms with Gasteiger partial charge in [0.1, 0.15) is 5.82 Å². The van der Waals surface area contributed by atoms with Crippen molar-refractivity contribution in [3.63, 3.8) is 0 Å². The fourth-order valence-electron chi connectivity index (χ4n) is 2.54. The van der Waals surface area contributed by atoms with Crippen LogP contribution in [0.25, 0.3) is 5.70 Å². The van der Waals surface area contributed by atoms with E-state index in [4.69, 9.17) is 0 Å². The molecule has 1 aromatic rings. The van der Waals surface area contributed by atoms with Crippen LogP contribution in [0.5, 0.6) is 0 Å². The summed E-state index contributed by atoms with van der Waals surface area (Å²) in [7, 11) is 1.97. The number of ketones is 1. The van der Waals surface area contributed by atoms with Gasteiger partial charge in [0.25, 0.3) is 0 Å². The third-order valence-corrected chi connectivity index (χ3v) is 3.73. The van der Waals surface area contributed by atoms with Gasteiger partial charge in [-0.1, -0.05) is 0 Å². The third-order valence-electron chi connectivity index (χ3n) is 3.14. The van der Waals surface area contributed by atoms with Crippen molar-refractivity contribution in [3.8, 4) is 0 Å². The lowest BCUT2D eigenvalue weighted by Gasteiger charge is -2.36. The summed E-state index contributed by atoms with van der Waals surface area (Å²) in [5, 5.41) is 0. The fraction of sp³-hybridized carbons (Fsp3) is 0.333. The number of anilines is 1. The maximum Gasteiger partial charge on any atom is 0.156 e. The van der Waals surface area contributed by atoms with E-state index in [0.29, 0.717) is 13.0 Å². The number of rotatable bonds is 0. The quantitative estimate of drug-likeness (QED) is 0.684. The van der Waals surface area contributed by atoms with Crippen molar-refractivity contribution in [2.45, 2.75) is 6.42 Å². The molecule has 2 aliphatic rings. The Hall–Kier alpha value is -1.36. The molecule has 0 unspecified atom stereocenters. The smallest absolute Gasteiger partial charge is 0.156 e. The molecule has 0 N–H and O–H groups in total. The zero-order valence-electron chi connectivity index (χ0n) is 9.48. The van der Waals surface area contributed by atoms with Gasteiger partial charge in [-0.2, -0.15) is 0 Å². The largest absolute Gasteiger partial charge is 0.367 e. The van der Waals surface area contributed by atoms with Crippen molar-refractivity contribution in [3.05, 3.63) is 29.5 Å². The fourth-order valence-corrected chi connectivity index (χ4v) is 3.12. The van der Waals surface area contributed by atoms with E-state index in [1.807, 2.05) is 21.9 Å². The molecule has 0 saturated carbocycles. The Balaban J connectivity index is 2.18. The van der Waals surface area contributed by atoms with Crippen molar-refractivity contribution in [1.29, 1.82) is 0 Å². The van der Waals surface area contributed by atoms with Crippen LogP contribution in [0, 0.1) is 0 Å².